The van der Waals surface area contributed by atoms with E-state index in [1.165, 1.54) is 37.1 Å². The first-order valence-corrected chi connectivity index (χ1v) is 9.41. The van der Waals surface area contributed by atoms with Gasteiger partial charge in [0.1, 0.15) is 0 Å². The first-order chi connectivity index (χ1) is 11.5. The number of rotatable bonds is 6. The summed E-state index contributed by atoms with van der Waals surface area (Å²) in [6.45, 7) is 2.53. The van der Waals surface area contributed by atoms with Crippen molar-refractivity contribution in [1.29, 1.82) is 0 Å². The molecule has 0 aromatic heterocycles. The predicted octanol–water partition coefficient (Wildman–Crippen LogP) is 2.94. The average Bonchev–Trinajstić information content (AvgIpc) is 3.39. The summed E-state index contributed by atoms with van der Waals surface area (Å²) in [6, 6.07) is 13.2. The van der Waals surface area contributed by atoms with Crippen LogP contribution in [0.5, 0.6) is 0 Å². The van der Waals surface area contributed by atoms with Crippen molar-refractivity contribution in [3.63, 3.8) is 0 Å². The van der Waals surface area contributed by atoms with Gasteiger partial charge in [-0.2, -0.15) is 0 Å². The van der Waals surface area contributed by atoms with E-state index in [0.29, 0.717) is 23.7 Å². The quantitative estimate of drug-likeness (QED) is 0.846. The van der Waals surface area contributed by atoms with Crippen LogP contribution in [-0.2, 0) is 10.0 Å². The Morgan fingerprint density at radius 3 is 2.38 bits per heavy atom. The van der Waals surface area contributed by atoms with Crippen LogP contribution in [0.1, 0.15) is 28.8 Å². The molecule has 0 aliphatic heterocycles. The molecular weight excluding hydrogens is 324 g/mol. The number of aryl methyl sites for hydroxylation is 1. The molecule has 1 saturated carbocycles. The summed E-state index contributed by atoms with van der Waals surface area (Å²) in [5, 5.41) is 2.86. The Labute approximate surface area is 142 Å². The van der Waals surface area contributed by atoms with Gasteiger partial charge >= 0.3 is 0 Å². The molecule has 0 atom stereocenters. The van der Waals surface area contributed by atoms with Crippen molar-refractivity contribution in [3.8, 4) is 0 Å². The Bertz CT molecular complexity index is 841. The van der Waals surface area contributed by atoms with Crippen molar-refractivity contribution in [3.05, 3.63) is 59.7 Å². The molecule has 1 fully saturated rings. The van der Waals surface area contributed by atoms with Gasteiger partial charge in [0.25, 0.3) is 15.9 Å². The maximum atomic E-state index is 12.4. The third kappa shape index (κ3) is 3.94. The fraction of sp³-hybridized carbons (Fsp3) is 0.278. The summed E-state index contributed by atoms with van der Waals surface area (Å²) in [5.41, 5.74) is 1.85. The first-order valence-electron chi connectivity index (χ1n) is 7.92. The summed E-state index contributed by atoms with van der Waals surface area (Å²) >= 11 is 0. The molecule has 0 unspecified atom stereocenters. The van der Waals surface area contributed by atoms with E-state index in [1.54, 1.807) is 12.1 Å². The van der Waals surface area contributed by atoms with E-state index in [-0.39, 0.29) is 10.8 Å². The highest BCUT2D eigenvalue weighted by atomic mass is 32.2. The lowest BCUT2D eigenvalue weighted by Gasteiger charge is -2.11. The summed E-state index contributed by atoms with van der Waals surface area (Å²) < 4.78 is 27.5. The zero-order valence-corrected chi connectivity index (χ0v) is 14.3. The number of para-hydroxylation sites is 1. The van der Waals surface area contributed by atoms with Crippen LogP contribution in [0.15, 0.2) is 53.4 Å². The molecule has 0 spiro atoms. The lowest BCUT2D eigenvalue weighted by atomic mass is 10.2. The molecule has 2 N–H and O–H groups in total. The summed E-state index contributed by atoms with van der Waals surface area (Å²) in [5.74, 6) is 0.435. The minimum Gasteiger partial charge on any atom is -0.352 e. The molecule has 0 radical (unpaired) electrons. The SMILES string of the molecule is Cc1ccccc1NS(=O)(=O)c1ccc(C(=O)NCC2CC2)cc1. The molecule has 0 saturated heterocycles. The Morgan fingerprint density at radius 1 is 1.08 bits per heavy atom. The average molecular weight is 344 g/mol. The number of carbonyl (C=O) groups excluding carboxylic acids is 1. The van der Waals surface area contributed by atoms with Crippen LogP contribution in [0.4, 0.5) is 5.69 Å². The zero-order chi connectivity index (χ0) is 17.2. The van der Waals surface area contributed by atoms with Gasteiger partial charge in [-0.1, -0.05) is 18.2 Å². The molecule has 0 heterocycles. The minimum atomic E-state index is -3.68. The van der Waals surface area contributed by atoms with Gasteiger partial charge in [0, 0.05) is 12.1 Å². The fourth-order valence-electron chi connectivity index (χ4n) is 2.34. The van der Waals surface area contributed by atoms with Crippen LogP contribution in [0, 0.1) is 12.8 Å². The monoisotopic (exact) mass is 344 g/mol. The molecular formula is C18H20N2O3S. The molecule has 2 aromatic carbocycles. The highest BCUT2D eigenvalue weighted by Gasteiger charge is 2.22. The molecule has 6 heteroatoms. The van der Waals surface area contributed by atoms with E-state index in [1.807, 2.05) is 19.1 Å². The Balaban J connectivity index is 1.71. The first kappa shape index (κ1) is 16.5. The van der Waals surface area contributed by atoms with E-state index < -0.39 is 10.0 Å². The normalized spacial score (nSPS) is 14.2. The largest absolute Gasteiger partial charge is 0.352 e. The smallest absolute Gasteiger partial charge is 0.261 e. The topological polar surface area (TPSA) is 75.3 Å². The van der Waals surface area contributed by atoms with Crippen molar-refractivity contribution >= 4 is 21.6 Å². The van der Waals surface area contributed by atoms with Gasteiger partial charge in [0.15, 0.2) is 0 Å². The van der Waals surface area contributed by atoms with Gasteiger partial charge in [-0.15, -0.1) is 0 Å². The third-order valence-corrected chi connectivity index (χ3v) is 5.45. The van der Waals surface area contributed by atoms with Crippen molar-refractivity contribution in [2.75, 3.05) is 11.3 Å². The van der Waals surface area contributed by atoms with Crippen LogP contribution in [-0.4, -0.2) is 20.9 Å². The maximum absolute atomic E-state index is 12.4. The molecule has 126 valence electrons. The lowest BCUT2D eigenvalue weighted by molar-refractivity contribution is 0.0951. The molecule has 3 rings (SSSR count). The van der Waals surface area contributed by atoms with Gasteiger partial charge in [0.2, 0.25) is 0 Å². The minimum absolute atomic E-state index is 0.129. The van der Waals surface area contributed by atoms with Crippen LogP contribution >= 0.6 is 0 Å². The second-order valence-electron chi connectivity index (χ2n) is 6.10. The molecule has 1 aliphatic rings. The summed E-state index contributed by atoms with van der Waals surface area (Å²) in [7, 11) is -3.68. The number of amides is 1. The summed E-state index contributed by atoms with van der Waals surface area (Å²) in [4.78, 5) is 12.1. The number of sulfonamides is 1. The molecule has 24 heavy (non-hydrogen) atoms. The van der Waals surface area contributed by atoms with Gasteiger partial charge in [-0.05, 0) is 61.6 Å². The predicted molar refractivity (Wildman–Crippen MR) is 93.5 cm³/mol. The van der Waals surface area contributed by atoms with Crippen LogP contribution in [0.25, 0.3) is 0 Å². The maximum Gasteiger partial charge on any atom is 0.261 e. The number of benzene rings is 2. The Morgan fingerprint density at radius 2 is 1.75 bits per heavy atom. The molecule has 2 aromatic rings. The van der Waals surface area contributed by atoms with E-state index in [2.05, 4.69) is 10.0 Å². The lowest BCUT2D eigenvalue weighted by Crippen LogP contribution is -2.25. The standard InChI is InChI=1S/C18H20N2O3S/c1-13-4-2-3-5-17(13)20-24(22,23)16-10-8-15(9-11-16)18(21)19-12-14-6-7-14/h2-5,8-11,14,20H,6-7,12H2,1H3,(H,19,21). The second kappa shape index (κ2) is 6.65. The van der Waals surface area contributed by atoms with Crippen molar-refractivity contribution in [2.24, 2.45) is 5.92 Å². The second-order valence-corrected chi connectivity index (χ2v) is 7.78. The van der Waals surface area contributed by atoms with Crippen molar-refractivity contribution in [1.82, 2.24) is 5.32 Å². The number of hydrogen-bond acceptors (Lipinski definition) is 3. The van der Waals surface area contributed by atoms with Crippen LogP contribution in [0.2, 0.25) is 0 Å². The Hall–Kier alpha value is -2.34. The van der Waals surface area contributed by atoms with E-state index in [4.69, 9.17) is 0 Å². The summed E-state index contributed by atoms with van der Waals surface area (Å²) in [6.07, 6.45) is 2.34. The van der Waals surface area contributed by atoms with Gasteiger partial charge in [-0.3, -0.25) is 9.52 Å². The van der Waals surface area contributed by atoms with Crippen molar-refractivity contribution < 1.29 is 13.2 Å². The number of carbonyl (C=O) groups is 1. The molecule has 1 aliphatic carbocycles. The highest BCUT2D eigenvalue weighted by molar-refractivity contribution is 7.92. The fourth-order valence-corrected chi connectivity index (χ4v) is 3.47. The third-order valence-electron chi connectivity index (χ3n) is 4.06. The van der Waals surface area contributed by atoms with Crippen LogP contribution in [0.3, 0.4) is 0 Å². The molecule has 1 amide bonds. The van der Waals surface area contributed by atoms with Gasteiger partial charge in [0.05, 0.1) is 10.6 Å². The number of hydrogen-bond donors (Lipinski definition) is 2. The van der Waals surface area contributed by atoms with E-state index in [0.717, 1.165) is 5.56 Å². The zero-order valence-electron chi connectivity index (χ0n) is 13.5. The number of anilines is 1. The Kier molecular flexibility index (Phi) is 4.57. The van der Waals surface area contributed by atoms with Gasteiger partial charge < -0.3 is 5.32 Å². The number of nitrogens with one attached hydrogen (secondary N) is 2. The van der Waals surface area contributed by atoms with Crippen molar-refractivity contribution in [2.45, 2.75) is 24.7 Å². The highest BCUT2D eigenvalue weighted by Crippen LogP contribution is 2.27. The molecule has 0 bridgehead atoms. The molecule has 5 nitrogen and oxygen atoms in total. The van der Waals surface area contributed by atoms with E-state index in [9.17, 15) is 13.2 Å². The van der Waals surface area contributed by atoms with E-state index >= 15 is 0 Å². The van der Waals surface area contributed by atoms with Gasteiger partial charge in [-0.25, -0.2) is 8.42 Å². The van der Waals surface area contributed by atoms with Crippen LogP contribution < -0.4 is 10.0 Å².